The Kier molecular flexibility index (Phi) is 7.01. The molecule has 0 fully saturated rings. The lowest BCUT2D eigenvalue weighted by atomic mass is 10.1. The molecule has 3 aromatic carbocycles. The molecule has 0 atom stereocenters. The van der Waals surface area contributed by atoms with E-state index in [1.165, 1.54) is 18.2 Å². The van der Waals surface area contributed by atoms with Crippen molar-refractivity contribution in [1.82, 2.24) is 4.57 Å². The number of ether oxygens (including phenoxy) is 1. The summed E-state index contributed by atoms with van der Waals surface area (Å²) in [5.74, 6) is -3.92. The average molecular weight is 478 g/mol. The maximum atomic E-state index is 14.1. The molecule has 0 aliphatic heterocycles. The van der Waals surface area contributed by atoms with Crippen LogP contribution in [-0.2, 0) is 11.3 Å². The van der Waals surface area contributed by atoms with Crippen LogP contribution in [0.5, 0.6) is 0 Å². The van der Waals surface area contributed by atoms with Crippen LogP contribution in [0.4, 0.5) is 18.9 Å². The van der Waals surface area contributed by atoms with E-state index in [4.69, 9.17) is 4.74 Å². The first-order valence-corrected chi connectivity index (χ1v) is 10.8. The lowest BCUT2D eigenvalue weighted by Gasteiger charge is -2.12. The molecule has 0 saturated heterocycles. The standard InChI is InChI=1S/C27H21F3N2O3/c1-2-35-27(34)25-24(31-26(33)19-12-21(29)14-22(30)13-19)23(18-9-6-10-20(28)11-18)16-32(25)15-17-7-4-3-5-8-17/h3-14,16H,2,15H2,1H3,(H,31,33). The van der Waals surface area contributed by atoms with Crippen molar-refractivity contribution in [3.8, 4) is 11.1 Å². The van der Waals surface area contributed by atoms with Crippen molar-refractivity contribution in [3.63, 3.8) is 0 Å². The Morgan fingerprint density at radius 3 is 2.26 bits per heavy atom. The third kappa shape index (κ3) is 5.43. The summed E-state index contributed by atoms with van der Waals surface area (Å²) in [5.41, 5.74) is 1.37. The molecule has 1 aromatic heterocycles. The summed E-state index contributed by atoms with van der Waals surface area (Å²) in [4.78, 5) is 26.0. The highest BCUT2D eigenvalue weighted by Crippen LogP contribution is 2.35. The number of carbonyl (C=O) groups excluding carboxylic acids is 2. The summed E-state index contributed by atoms with van der Waals surface area (Å²) in [6.45, 7) is 1.97. The lowest BCUT2D eigenvalue weighted by molar-refractivity contribution is 0.0515. The van der Waals surface area contributed by atoms with E-state index in [0.29, 0.717) is 17.2 Å². The number of halogens is 3. The molecule has 0 saturated carbocycles. The van der Waals surface area contributed by atoms with Gasteiger partial charge in [0.1, 0.15) is 17.5 Å². The molecule has 4 aromatic rings. The summed E-state index contributed by atoms with van der Waals surface area (Å²) >= 11 is 0. The molecule has 178 valence electrons. The van der Waals surface area contributed by atoms with Gasteiger partial charge in [-0.15, -0.1) is 0 Å². The van der Waals surface area contributed by atoms with Crippen LogP contribution in [0, 0.1) is 17.5 Å². The highest BCUT2D eigenvalue weighted by atomic mass is 19.1. The lowest BCUT2D eigenvalue weighted by Crippen LogP contribution is -2.18. The second-order valence-corrected chi connectivity index (χ2v) is 7.72. The molecular weight excluding hydrogens is 457 g/mol. The molecule has 5 nitrogen and oxygen atoms in total. The number of anilines is 1. The minimum absolute atomic E-state index is 0.0141. The maximum absolute atomic E-state index is 14.1. The normalized spacial score (nSPS) is 10.7. The first kappa shape index (κ1) is 23.8. The summed E-state index contributed by atoms with van der Waals surface area (Å²) < 4.78 is 48.4. The zero-order valence-electron chi connectivity index (χ0n) is 18.7. The number of nitrogens with zero attached hydrogens (tertiary/aromatic N) is 1. The highest BCUT2D eigenvalue weighted by molar-refractivity contribution is 6.10. The van der Waals surface area contributed by atoms with E-state index in [1.54, 1.807) is 23.8 Å². The first-order valence-electron chi connectivity index (χ1n) is 10.8. The number of hydrogen-bond donors (Lipinski definition) is 1. The van der Waals surface area contributed by atoms with Crippen LogP contribution in [0.3, 0.4) is 0 Å². The molecule has 0 aliphatic rings. The van der Waals surface area contributed by atoms with Gasteiger partial charge < -0.3 is 14.6 Å². The second kappa shape index (κ2) is 10.3. The van der Waals surface area contributed by atoms with E-state index >= 15 is 0 Å². The Hall–Kier alpha value is -4.33. The van der Waals surface area contributed by atoms with E-state index in [1.807, 2.05) is 30.3 Å². The van der Waals surface area contributed by atoms with Gasteiger partial charge in [-0.05, 0) is 42.3 Å². The molecule has 1 amide bonds. The van der Waals surface area contributed by atoms with Crippen molar-refractivity contribution in [3.05, 3.63) is 113 Å². The van der Waals surface area contributed by atoms with Gasteiger partial charge >= 0.3 is 5.97 Å². The first-order chi connectivity index (χ1) is 16.9. The Morgan fingerprint density at radius 1 is 0.886 bits per heavy atom. The smallest absolute Gasteiger partial charge is 0.357 e. The molecule has 8 heteroatoms. The van der Waals surface area contributed by atoms with E-state index in [9.17, 15) is 22.8 Å². The summed E-state index contributed by atoms with van der Waals surface area (Å²) in [7, 11) is 0. The summed E-state index contributed by atoms with van der Waals surface area (Å²) in [6.07, 6.45) is 1.61. The Labute approximate surface area is 199 Å². The zero-order valence-corrected chi connectivity index (χ0v) is 18.7. The molecule has 0 aliphatic carbocycles. The van der Waals surface area contributed by atoms with Crippen molar-refractivity contribution in [2.75, 3.05) is 11.9 Å². The number of benzene rings is 3. The predicted octanol–water partition coefficient (Wildman–Crippen LogP) is 6.05. The van der Waals surface area contributed by atoms with Gasteiger partial charge in [-0.2, -0.15) is 0 Å². The van der Waals surface area contributed by atoms with Gasteiger partial charge in [-0.1, -0.05) is 42.5 Å². The molecule has 1 heterocycles. The number of esters is 1. The fourth-order valence-corrected chi connectivity index (χ4v) is 3.75. The van der Waals surface area contributed by atoms with Gasteiger partial charge in [0.2, 0.25) is 0 Å². The van der Waals surface area contributed by atoms with Crippen LogP contribution in [0.15, 0.2) is 79.0 Å². The van der Waals surface area contributed by atoms with Crippen molar-refractivity contribution >= 4 is 17.6 Å². The molecule has 0 spiro atoms. The predicted molar refractivity (Wildman–Crippen MR) is 126 cm³/mol. The Bertz CT molecular complexity index is 1360. The van der Waals surface area contributed by atoms with Crippen LogP contribution in [-0.4, -0.2) is 23.1 Å². The molecule has 0 radical (unpaired) electrons. The maximum Gasteiger partial charge on any atom is 0.357 e. The molecule has 1 N–H and O–H groups in total. The van der Waals surface area contributed by atoms with E-state index < -0.39 is 29.3 Å². The van der Waals surface area contributed by atoms with E-state index in [0.717, 1.165) is 17.7 Å². The number of nitrogens with one attached hydrogen (secondary N) is 1. The van der Waals surface area contributed by atoms with Crippen LogP contribution in [0.1, 0.15) is 33.3 Å². The fourth-order valence-electron chi connectivity index (χ4n) is 3.75. The fraction of sp³-hybridized carbons (Fsp3) is 0.111. The zero-order chi connectivity index (χ0) is 24.9. The largest absolute Gasteiger partial charge is 0.461 e. The summed E-state index contributed by atoms with van der Waals surface area (Å²) in [6, 6.07) is 17.3. The average Bonchev–Trinajstić information content (AvgIpc) is 3.17. The van der Waals surface area contributed by atoms with Crippen molar-refractivity contribution in [2.24, 2.45) is 0 Å². The van der Waals surface area contributed by atoms with Crippen molar-refractivity contribution < 1.29 is 27.5 Å². The molecule has 4 rings (SSSR count). The van der Waals surface area contributed by atoms with Crippen LogP contribution < -0.4 is 5.32 Å². The molecule has 35 heavy (non-hydrogen) atoms. The quantitative estimate of drug-likeness (QED) is 0.329. The molecule has 0 unspecified atom stereocenters. The van der Waals surface area contributed by atoms with E-state index in [2.05, 4.69) is 5.32 Å². The highest BCUT2D eigenvalue weighted by Gasteiger charge is 2.26. The van der Waals surface area contributed by atoms with Crippen LogP contribution in [0.2, 0.25) is 0 Å². The topological polar surface area (TPSA) is 60.3 Å². The van der Waals surface area contributed by atoms with Crippen LogP contribution >= 0.6 is 0 Å². The van der Waals surface area contributed by atoms with Gasteiger partial charge in [-0.3, -0.25) is 4.79 Å². The van der Waals surface area contributed by atoms with Gasteiger partial charge in [0.15, 0.2) is 5.69 Å². The number of carbonyl (C=O) groups is 2. The van der Waals surface area contributed by atoms with Gasteiger partial charge in [0.25, 0.3) is 5.91 Å². The second-order valence-electron chi connectivity index (χ2n) is 7.72. The molecule has 0 bridgehead atoms. The Morgan fingerprint density at radius 2 is 1.60 bits per heavy atom. The minimum Gasteiger partial charge on any atom is -0.461 e. The van der Waals surface area contributed by atoms with E-state index in [-0.39, 0.29) is 30.1 Å². The van der Waals surface area contributed by atoms with Crippen molar-refractivity contribution in [2.45, 2.75) is 13.5 Å². The van der Waals surface area contributed by atoms with Crippen molar-refractivity contribution in [1.29, 1.82) is 0 Å². The number of aromatic nitrogens is 1. The number of rotatable bonds is 7. The minimum atomic E-state index is -0.923. The third-order valence-electron chi connectivity index (χ3n) is 5.24. The molecular formula is C27H21F3N2O3. The van der Waals surface area contributed by atoms with Gasteiger partial charge in [0.05, 0.1) is 12.3 Å². The Balaban J connectivity index is 1.88. The SMILES string of the molecule is CCOC(=O)c1c(NC(=O)c2cc(F)cc(F)c2)c(-c2cccc(F)c2)cn1Cc1ccccc1. The monoisotopic (exact) mass is 478 g/mol. The summed E-state index contributed by atoms with van der Waals surface area (Å²) in [5, 5.41) is 2.60. The van der Waals surface area contributed by atoms with Gasteiger partial charge in [-0.25, -0.2) is 18.0 Å². The third-order valence-corrected chi connectivity index (χ3v) is 5.24. The van der Waals surface area contributed by atoms with Gasteiger partial charge in [0, 0.05) is 29.9 Å². The number of amides is 1. The number of hydrogen-bond acceptors (Lipinski definition) is 3. The van der Waals surface area contributed by atoms with Crippen LogP contribution in [0.25, 0.3) is 11.1 Å².